The molecule has 8 heteroatoms. The SMILES string of the molecule is O=C(c1n[nH]nc1C1CCCN1)N1CCc2nccnc2C1. The van der Waals surface area contributed by atoms with E-state index in [0.29, 0.717) is 18.8 Å². The van der Waals surface area contributed by atoms with E-state index in [1.54, 1.807) is 17.3 Å². The summed E-state index contributed by atoms with van der Waals surface area (Å²) in [5, 5.41) is 14.2. The highest BCUT2D eigenvalue weighted by Crippen LogP contribution is 2.25. The summed E-state index contributed by atoms with van der Waals surface area (Å²) in [4.78, 5) is 23.2. The van der Waals surface area contributed by atoms with Gasteiger partial charge in [0.1, 0.15) is 5.69 Å². The van der Waals surface area contributed by atoms with Crippen molar-refractivity contribution in [2.45, 2.75) is 31.8 Å². The average molecular weight is 299 g/mol. The zero-order valence-corrected chi connectivity index (χ0v) is 12.1. The van der Waals surface area contributed by atoms with Gasteiger partial charge in [-0.25, -0.2) is 0 Å². The second-order valence-electron chi connectivity index (χ2n) is 5.63. The van der Waals surface area contributed by atoms with Gasteiger partial charge in [-0.2, -0.15) is 15.4 Å². The van der Waals surface area contributed by atoms with Crippen molar-refractivity contribution in [1.29, 1.82) is 0 Å². The molecule has 1 saturated heterocycles. The van der Waals surface area contributed by atoms with Gasteiger partial charge in [0, 0.05) is 25.4 Å². The van der Waals surface area contributed by atoms with Crippen LogP contribution in [0.25, 0.3) is 0 Å². The molecule has 114 valence electrons. The van der Waals surface area contributed by atoms with E-state index < -0.39 is 0 Å². The summed E-state index contributed by atoms with van der Waals surface area (Å²) >= 11 is 0. The second kappa shape index (κ2) is 5.45. The van der Waals surface area contributed by atoms with Gasteiger partial charge in [-0.1, -0.05) is 0 Å². The van der Waals surface area contributed by atoms with Gasteiger partial charge in [0.15, 0.2) is 5.69 Å². The number of nitrogens with one attached hydrogen (secondary N) is 2. The van der Waals surface area contributed by atoms with Crippen LogP contribution in [-0.2, 0) is 13.0 Å². The van der Waals surface area contributed by atoms with Crippen LogP contribution in [0.3, 0.4) is 0 Å². The number of aromatic nitrogens is 5. The molecule has 8 nitrogen and oxygen atoms in total. The Kier molecular flexibility index (Phi) is 3.30. The van der Waals surface area contributed by atoms with Crippen molar-refractivity contribution >= 4 is 5.91 Å². The highest BCUT2D eigenvalue weighted by atomic mass is 16.2. The number of H-pyrrole nitrogens is 1. The molecule has 1 atom stereocenters. The van der Waals surface area contributed by atoms with Crippen LogP contribution in [0.4, 0.5) is 0 Å². The van der Waals surface area contributed by atoms with Crippen molar-refractivity contribution in [3.63, 3.8) is 0 Å². The summed E-state index contributed by atoms with van der Waals surface area (Å²) in [6.07, 6.45) is 6.16. The standard InChI is InChI=1S/C14H17N7O/c22-14(13-12(18-20-19-13)10-2-1-4-15-10)21-7-3-9-11(8-21)17-6-5-16-9/h5-6,10,15H,1-4,7-8H2,(H,18,19,20). The van der Waals surface area contributed by atoms with E-state index in [1.807, 2.05) is 0 Å². The van der Waals surface area contributed by atoms with E-state index in [9.17, 15) is 4.79 Å². The summed E-state index contributed by atoms with van der Waals surface area (Å²) < 4.78 is 0. The Morgan fingerprint density at radius 1 is 1.23 bits per heavy atom. The van der Waals surface area contributed by atoms with Crippen molar-refractivity contribution in [3.05, 3.63) is 35.2 Å². The van der Waals surface area contributed by atoms with Crippen LogP contribution in [0.5, 0.6) is 0 Å². The maximum absolute atomic E-state index is 12.8. The van der Waals surface area contributed by atoms with Crippen LogP contribution in [-0.4, -0.2) is 49.3 Å². The van der Waals surface area contributed by atoms with Crippen LogP contribution in [0.2, 0.25) is 0 Å². The highest BCUT2D eigenvalue weighted by Gasteiger charge is 2.30. The number of hydrogen-bond donors (Lipinski definition) is 2. The number of hydrogen-bond acceptors (Lipinski definition) is 6. The van der Waals surface area contributed by atoms with Gasteiger partial charge in [0.05, 0.1) is 24.0 Å². The molecule has 2 N–H and O–H groups in total. The van der Waals surface area contributed by atoms with Crippen molar-refractivity contribution in [2.75, 3.05) is 13.1 Å². The number of nitrogens with zero attached hydrogens (tertiary/aromatic N) is 5. The lowest BCUT2D eigenvalue weighted by Gasteiger charge is -2.27. The molecule has 0 bridgehead atoms. The van der Waals surface area contributed by atoms with Gasteiger partial charge < -0.3 is 10.2 Å². The van der Waals surface area contributed by atoms with E-state index in [0.717, 1.165) is 42.9 Å². The number of aromatic amines is 1. The normalized spacial score (nSPS) is 20.9. The van der Waals surface area contributed by atoms with E-state index in [2.05, 4.69) is 30.7 Å². The quantitative estimate of drug-likeness (QED) is 0.823. The minimum Gasteiger partial charge on any atom is -0.331 e. The molecule has 1 amide bonds. The number of amides is 1. The second-order valence-corrected chi connectivity index (χ2v) is 5.63. The Labute approximate surface area is 127 Å². The average Bonchev–Trinajstić information content (AvgIpc) is 3.24. The summed E-state index contributed by atoms with van der Waals surface area (Å²) in [5.41, 5.74) is 3.00. The lowest BCUT2D eigenvalue weighted by atomic mass is 10.1. The van der Waals surface area contributed by atoms with Crippen LogP contribution >= 0.6 is 0 Å². The maximum atomic E-state index is 12.8. The topological polar surface area (TPSA) is 99.7 Å². The van der Waals surface area contributed by atoms with Crippen LogP contribution in [0.1, 0.15) is 46.5 Å². The summed E-state index contributed by atoms with van der Waals surface area (Å²) in [6.45, 7) is 2.07. The molecule has 2 aliphatic rings. The number of carbonyl (C=O) groups excluding carboxylic acids is 1. The number of rotatable bonds is 2. The number of carbonyl (C=O) groups is 1. The molecule has 4 rings (SSSR count). The predicted octanol–water partition coefficient (Wildman–Crippen LogP) is 0.218. The largest absolute Gasteiger partial charge is 0.331 e. The minimum atomic E-state index is -0.0891. The minimum absolute atomic E-state index is 0.0891. The molecule has 0 saturated carbocycles. The van der Waals surface area contributed by atoms with Crippen LogP contribution in [0, 0.1) is 0 Å². The van der Waals surface area contributed by atoms with E-state index >= 15 is 0 Å². The van der Waals surface area contributed by atoms with E-state index in [-0.39, 0.29) is 11.9 Å². The molecule has 1 unspecified atom stereocenters. The molecule has 2 aromatic rings. The molecule has 2 aromatic heterocycles. The Hall–Kier alpha value is -2.35. The zero-order valence-electron chi connectivity index (χ0n) is 12.1. The fourth-order valence-corrected chi connectivity index (χ4v) is 3.12. The Morgan fingerprint density at radius 2 is 2.09 bits per heavy atom. The van der Waals surface area contributed by atoms with Crippen molar-refractivity contribution in [3.8, 4) is 0 Å². The Bertz CT molecular complexity index is 692. The maximum Gasteiger partial charge on any atom is 0.276 e. The van der Waals surface area contributed by atoms with Gasteiger partial charge in [-0.3, -0.25) is 14.8 Å². The fraction of sp³-hybridized carbons (Fsp3) is 0.500. The van der Waals surface area contributed by atoms with Crippen molar-refractivity contribution in [2.24, 2.45) is 0 Å². The third-order valence-corrected chi connectivity index (χ3v) is 4.27. The molecule has 4 heterocycles. The summed E-state index contributed by atoms with van der Waals surface area (Å²) in [7, 11) is 0. The van der Waals surface area contributed by atoms with Crippen molar-refractivity contribution in [1.82, 2.24) is 35.6 Å². The Morgan fingerprint density at radius 3 is 2.91 bits per heavy atom. The van der Waals surface area contributed by atoms with Gasteiger partial charge in [0.25, 0.3) is 5.91 Å². The predicted molar refractivity (Wildman–Crippen MR) is 76.8 cm³/mol. The summed E-state index contributed by atoms with van der Waals surface area (Å²) in [5.74, 6) is -0.0891. The highest BCUT2D eigenvalue weighted by molar-refractivity contribution is 5.93. The first kappa shape index (κ1) is 13.3. The van der Waals surface area contributed by atoms with Gasteiger partial charge in [-0.15, -0.1) is 0 Å². The lowest BCUT2D eigenvalue weighted by molar-refractivity contribution is 0.0722. The first-order valence-corrected chi connectivity index (χ1v) is 7.55. The first-order valence-electron chi connectivity index (χ1n) is 7.55. The van der Waals surface area contributed by atoms with Gasteiger partial charge in [0.2, 0.25) is 0 Å². The Balaban J connectivity index is 1.57. The molecule has 0 aliphatic carbocycles. The van der Waals surface area contributed by atoms with E-state index in [1.165, 1.54) is 0 Å². The zero-order chi connectivity index (χ0) is 14.9. The van der Waals surface area contributed by atoms with Crippen LogP contribution in [0.15, 0.2) is 12.4 Å². The van der Waals surface area contributed by atoms with Gasteiger partial charge >= 0.3 is 0 Å². The molecule has 2 aliphatic heterocycles. The van der Waals surface area contributed by atoms with Crippen molar-refractivity contribution < 1.29 is 4.79 Å². The molecule has 0 radical (unpaired) electrons. The molecule has 1 fully saturated rings. The molecule has 0 aromatic carbocycles. The number of fused-ring (bicyclic) bond motifs is 1. The summed E-state index contributed by atoms with van der Waals surface area (Å²) in [6, 6.07) is 0.120. The molecular weight excluding hydrogens is 282 g/mol. The lowest BCUT2D eigenvalue weighted by Crippen LogP contribution is -2.37. The monoisotopic (exact) mass is 299 g/mol. The van der Waals surface area contributed by atoms with Gasteiger partial charge in [-0.05, 0) is 19.4 Å². The molecule has 22 heavy (non-hydrogen) atoms. The smallest absolute Gasteiger partial charge is 0.276 e. The third-order valence-electron chi connectivity index (χ3n) is 4.27. The fourth-order valence-electron chi connectivity index (χ4n) is 3.12. The molecular formula is C14H17N7O. The van der Waals surface area contributed by atoms with E-state index in [4.69, 9.17) is 0 Å². The molecule has 0 spiro atoms. The van der Waals surface area contributed by atoms with Crippen LogP contribution < -0.4 is 5.32 Å². The first-order chi connectivity index (χ1) is 10.8. The third kappa shape index (κ3) is 2.25.